The Morgan fingerprint density at radius 3 is 2.93 bits per heavy atom. The van der Waals surface area contributed by atoms with Crippen LogP contribution in [-0.2, 0) is 16.1 Å². The fraction of sp³-hybridized carbons (Fsp3) is 0.222. The predicted molar refractivity (Wildman–Crippen MR) is 58.3 cm³/mol. The number of aromatic nitrogens is 1. The number of hydrogen-bond donors (Lipinski definition) is 2. The van der Waals surface area contributed by atoms with Crippen LogP contribution in [0, 0.1) is 5.41 Å². The zero-order valence-corrected chi connectivity index (χ0v) is 9.45. The molecule has 15 heavy (non-hydrogen) atoms. The molecule has 0 bridgehead atoms. The minimum absolute atomic E-state index is 0.0888. The van der Waals surface area contributed by atoms with Gasteiger partial charge in [-0.2, -0.15) is 0 Å². The highest BCUT2D eigenvalue weighted by atomic mass is 79.9. The smallest absolute Gasteiger partial charge is 0.313 e. The van der Waals surface area contributed by atoms with Crippen molar-refractivity contribution in [1.82, 2.24) is 4.98 Å². The van der Waals surface area contributed by atoms with Crippen molar-refractivity contribution in [3.05, 3.63) is 28.5 Å². The summed E-state index contributed by atoms with van der Waals surface area (Å²) < 4.78 is 5.53. The normalized spacial score (nSPS) is 9.67. The quantitative estimate of drug-likeness (QED) is 0.373. The lowest BCUT2D eigenvalue weighted by atomic mass is 10.3. The van der Waals surface area contributed by atoms with Crippen molar-refractivity contribution in [1.29, 1.82) is 5.41 Å². The summed E-state index contributed by atoms with van der Waals surface area (Å²) in [4.78, 5) is 15.1. The molecule has 0 aromatic carbocycles. The average molecular weight is 272 g/mol. The second-order valence-electron chi connectivity index (χ2n) is 2.81. The maximum Gasteiger partial charge on any atom is 0.313 e. The van der Waals surface area contributed by atoms with Gasteiger partial charge in [0.15, 0.2) is 0 Å². The Balaban J connectivity index is 2.43. The molecule has 1 aromatic heterocycles. The van der Waals surface area contributed by atoms with E-state index in [9.17, 15) is 4.79 Å². The second kappa shape index (κ2) is 5.45. The topological polar surface area (TPSA) is 89.1 Å². The highest BCUT2D eigenvalue weighted by molar-refractivity contribution is 9.10. The van der Waals surface area contributed by atoms with E-state index in [1.807, 2.05) is 0 Å². The van der Waals surface area contributed by atoms with Crippen LogP contribution in [0.5, 0.6) is 0 Å². The van der Waals surface area contributed by atoms with Crippen molar-refractivity contribution in [2.24, 2.45) is 5.73 Å². The molecule has 1 aromatic rings. The molecule has 3 N–H and O–H groups in total. The van der Waals surface area contributed by atoms with E-state index in [2.05, 4.69) is 20.9 Å². The Bertz CT molecular complexity index is 381. The molecule has 0 aliphatic rings. The Labute approximate surface area is 95.3 Å². The number of pyridine rings is 1. The van der Waals surface area contributed by atoms with Gasteiger partial charge < -0.3 is 10.5 Å². The summed E-state index contributed by atoms with van der Waals surface area (Å²) in [5.41, 5.74) is 5.69. The first-order valence-corrected chi connectivity index (χ1v) is 4.97. The summed E-state index contributed by atoms with van der Waals surface area (Å²) in [5, 5.41) is 6.90. The van der Waals surface area contributed by atoms with Crippen LogP contribution in [0.15, 0.2) is 22.8 Å². The van der Waals surface area contributed by atoms with E-state index in [0.29, 0.717) is 10.3 Å². The summed E-state index contributed by atoms with van der Waals surface area (Å²) in [7, 11) is 0. The molecule has 6 heteroatoms. The van der Waals surface area contributed by atoms with Crippen molar-refractivity contribution in [3.8, 4) is 0 Å². The minimum atomic E-state index is -0.524. The first kappa shape index (κ1) is 11.6. The van der Waals surface area contributed by atoms with E-state index in [1.54, 1.807) is 18.2 Å². The molecule has 5 nitrogen and oxygen atoms in total. The van der Waals surface area contributed by atoms with Crippen LogP contribution < -0.4 is 5.73 Å². The van der Waals surface area contributed by atoms with Crippen molar-refractivity contribution in [3.63, 3.8) is 0 Å². The minimum Gasteiger partial charge on any atom is -0.459 e. The Morgan fingerprint density at radius 2 is 2.33 bits per heavy atom. The van der Waals surface area contributed by atoms with E-state index in [-0.39, 0.29) is 18.9 Å². The second-order valence-corrected chi connectivity index (χ2v) is 3.63. The van der Waals surface area contributed by atoms with Crippen LogP contribution in [0.1, 0.15) is 12.1 Å². The number of nitrogens with one attached hydrogen (secondary N) is 1. The number of carbonyl (C=O) groups is 1. The van der Waals surface area contributed by atoms with Crippen molar-refractivity contribution in [2.45, 2.75) is 13.0 Å². The SMILES string of the molecule is N=C(N)CC(=O)OCc1cccc(Br)n1. The van der Waals surface area contributed by atoms with E-state index < -0.39 is 5.97 Å². The van der Waals surface area contributed by atoms with Gasteiger partial charge in [0.05, 0.1) is 5.69 Å². The molecule has 0 atom stereocenters. The maximum absolute atomic E-state index is 11.0. The highest BCUT2D eigenvalue weighted by Crippen LogP contribution is 2.07. The molecule has 0 fully saturated rings. The molecule has 0 saturated heterocycles. The third-order valence-electron chi connectivity index (χ3n) is 1.49. The Kier molecular flexibility index (Phi) is 4.23. The van der Waals surface area contributed by atoms with Crippen molar-refractivity contribution in [2.75, 3.05) is 0 Å². The highest BCUT2D eigenvalue weighted by Gasteiger charge is 2.05. The number of ether oxygens (including phenoxy) is 1. The van der Waals surface area contributed by atoms with Gasteiger partial charge in [0, 0.05) is 0 Å². The van der Waals surface area contributed by atoms with Gasteiger partial charge in [-0.3, -0.25) is 10.2 Å². The summed E-state index contributed by atoms with van der Waals surface area (Å²) in [5.74, 6) is -0.730. The number of nitrogens with two attached hydrogens (primary N) is 1. The Hall–Kier alpha value is -1.43. The average Bonchev–Trinajstić information content (AvgIpc) is 2.14. The molecule has 1 rings (SSSR count). The van der Waals surface area contributed by atoms with Crippen molar-refractivity contribution >= 4 is 27.7 Å². The lowest BCUT2D eigenvalue weighted by Crippen LogP contribution is -2.17. The summed E-state index contributed by atoms with van der Waals surface area (Å²) in [6, 6.07) is 5.32. The standard InChI is InChI=1S/C9H10BrN3O2/c10-7-3-1-2-6(13-7)5-15-9(14)4-8(11)12/h1-3H,4-5H2,(H3,11,12). The first-order valence-electron chi connectivity index (χ1n) is 4.18. The molecular formula is C9H10BrN3O2. The number of nitrogens with zero attached hydrogens (tertiary/aromatic N) is 1. The van der Waals surface area contributed by atoms with Gasteiger partial charge in [-0.1, -0.05) is 6.07 Å². The third kappa shape index (κ3) is 4.55. The van der Waals surface area contributed by atoms with Crippen LogP contribution in [0.3, 0.4) is 0 Å². The number of halogens is 1. The van der Waals surface area contributed by atoms with Crippen LogP contribution in [0.25, 0.3) is 0 Å². The first-order chi connectivity index (χ1) is 7.08. The predicted octanol–water partition coefficient (Wildman–Crippen LogP) is 1.21. The molecular weight excluding hydrogens is 262 g/mol. The molecule has 0 unspecified atom stereocenters. The van der Waals surface area contributed by atoms with E-state index >= 15 is 0 Å². The lowest BCUT2D eigenvalue weighted by Gasteiger charge is -2.03. The van der Waals surface area contributed by atoms with Gasteiger partial charge in [0.2, 0.25) is 0 Å². The largest absolute Gasteiger partial charge is 0.459 e. The third-order valence-corrected chi connectivity index (χ3v) is 1.93. The zero-order valence-electron chi connectivity index (χ0n) is 7.87. The monoisotopic (exact) mass is 271 g/mol. The van der Waals surface area contributed by atoms with E-state index in [1.165, 1.54) is 0 Å². The van der Waals surface area contributed by atoms with Crippen LogP contribution in [0.2, 0.25) is 0 Å². The number of hydrogen-bond acceptors (Lipinski definition) is 4. The number of carbonyl (C=O) groups excluding carboxylic acids is 1. The molecule has 0 aliphatic carbocycles. The summed E-state index contributed by atoms with van der Waals surface area (Å²) >= 11 is 3.20. The Morgan fingerprint density at radius 1 is 1.60 bits per heavy atom. The fourth-order valence-corrected chi connectivity index (χ4v) is 1.27. The van der Waals surface area contributed by atoms with E-state index in [0.717, 1.165) is 0 Å². The molecule has 0 aliphatic heterocycles. The zero-order chi connectivity index (χ0) is 11.3. The molecule has 0 amide bonds. The van der Waals surface area contributed by atoms with E-state index in [4.69, 9.17) is 15.9 Å². The molecule has 1 heterocycles. The molecule has 0 radical (unpaired) electrons. The summed E-state index contributed by atoms with van der Waals surface area (Å²) in [6.45, 7) is 0.0888. The summed E-state index contributed by atoms with van der Waals surface area (Å²) in [6.07, 6.45) is -0.187. The van der Waals surface area contributed by atoms with Gasteiger partial charge in [0.25, 0.3) is 0 Å². The van der Waals surface area contributed by atoms with Crippen LogP contribution in [0.4, 0.5) is 0 Å². The molecule has 0 spiro atoms. The van der Waals surface area contributed by atoms with Gasteiger partial charge in [-0.25, -0.2) is 4.98 Å². The van der Waals surface area contributed by atoms with Gasteiger partial charge in [-0.05, 0) is 28.1 Å². The fourth-order valence-electron chi connectivity index (χ4n) is 0.892. The van der Waals surface area contributed by atoms with Crippen molar-refractivity contribution < 1.29 is 9.53 Å². The van der Waals surface area contributed by atoms with Gasteiger partial charge in [0.1, 0.15) is 23.5 Å². The van der Waals surface area contributed by atoms with Gasteiger partial charge >= 0.3 is 5.97 Å². The number of amidine groups is 1. The van der Waals surface area contributed by atoms with Crippen LogP contribution >= 0.6 is 15.9 Å². The lowest BCUT2D eigenvalue weighted by molar-refractivity contribution is -0.143. The number of rotatable bonds is 4. The number of esters is 1. The molecule has 80 valence electrons. The van der Waals surface area contributed by atoms with Gasteiger partial charge in [-0.15, -0.1) is 0 Å². The van der Waals surface area contributed by atoms with Crippen LogP contribution in [-0.4, -0.2) is 16.8 Å². The molecule has 0 saturated carbocycles. The maximum atomic E-state index is 11.0.